The van der Waals surface area contributed by atoms with Gasteiger partial charge in [-0.25, -0.2) is 4.98 Å². The maximum atomic E-state index is 12.0. The van der Waals surface area contributed by atoms with Crippen LogP contribution in [0.1, 0.15) is 30.8 Å². The Morgan fingerprint density at radius 2 is 2.21 bits per heavy atom. The minimum absolute atomic E-state index is 0. The van der Waals surface area contributed by atoms with Crippen LogP contribution in [0.3, 0.4) is 0 Å². The van der Waals surface area contributed by atoms with Crippen LogP contribution >= 0.6 is 12.4 Å². The van der Waals surface area contributed by atoms with E-state index in [-0.39, 0.29) is 35.9 Å². The van der Waals surface area contributed by atoms with Crippen LogP contribution in [0, 0.1) is 5.41 Å². The number of hydrogen-bond donors (Lipinski definition) is 2. The van der Waals surface area contributed by atoms with Crippen LogP contribution in [0.5, 0.6) is 0 Å². The van der Waals surface area contributed by atoms with Gasteiger partial charge in [0.2, 0.25) is 0 Å². The molecule has 5 nitrogen and oxygen atoms in total. The molecule has 1 aliphatic rings. The van der Waals surface area contributed by atoms with Gasteiger partial charge >= 0.3 is 0 Å². The summed E-state index contributed by atoms with van der Waals surface area (Å²) in [4.78, 5) is 16.0. The third kappa shape index (κ3) is 2.98. The molecule has 0 aliphatic heterocycles. The van der Waals surface area contributed by atoms with Crippen molar-refractivity contribution >= 4 is 24.0 Å². The first-order valence-corrected chi connectivity index (χ1v) is 6.00. The van der Waals surface area contributed by atoms with Crippen molar-refractivity contribution < 1.29 is 9.53 Å². The van der Waals surface area contributed by atoms with Crippen molar-refractivity contribution in [3.05, 3.63) is 24.0 Å². The number of carbonyl (C=O) groups excluding carboxylic acids is 1. The molecule has 0 bridgehead atoms. The summed E-state index contributed by atoms with van der Waals surface area (Å²) in [5, 5.41) is 2.98. The lowest BCUT2D eigenvalue weighted by molar-refractivity contribution is -0.0942. The molecule has 2 rings (SSSR count). The minimum Gasteiger partial charge on any atom is -0.397 e. The molecule has 0 spiro atoms. The Hall–Kier alpha value is -1.33. The van der Waals surface area contributed by atoms with Crippen molar-refractivity contribution in [3.8, 4) is 0 Å². The predicted octanol–water partition coefficient (Wildman–Crippen LogP) is 1.63. The number of methoxy groups -OCH3 is 1. The van der Waals surface area contributed by atoms with Crippen LogP contribution in [0.25, 0.3) is 0 Å². The summed E-state index contributed by atoms with van der Waals surface area (Å²) < 4.78 is 5.35. The van der Waals surface area contributed by atoms with E-state index in [0.29, 0.717) is 11.4 Å². The van der Waals surface area contributed by atoms with Crippen LogP contribution in [0.2, 0.25) is 0 Å². The minimum atomic E-state index is -0.164. The molecule has 6 heteroatoms. The molecule has 1 saturated carbocycles. The number of nitrogens with zero attached hydrogens (tertiary/aromatic N) is 1. The second kappa shape index (κ2) is 5.75. The number of nitrogen functional groups attached to an aromatic ring is 1. The highest BCUT2D eigenvalue weighted by Crippen LogP contribution is 2.42. The first kappa shape index (κ1) is 15.7. The Kier molecular flexibility index (Phi) is 4.76. The van der Waals surface area contributed by atoms with E-state index in [9.17, 15) is 4.79 Å². The van der Waals surface area contributed by atoms with E-state index in [1.807, 2.05) is 0 Å². The van der Waals surface area contributed by atoms with Crippen LogP contribution in [0.15, 0.2) is 18.3 Å². The summed E-state index contributed by atoms with van der Waals surface area (Å²) in [5.74, 6) is -0.164. The molecule has 1 aromatic rings. The van der Waals surface area contributed by atoms with E-state index in [1.54, 1.807) is 19.2 Å². The highest BCUT2D eigenvalue weighted by molar-refractivity contribution is 5.92. The molecule has 0 radical (unpaired) electrons. The van der Waals surface area contributed by atoms with Crippen molar-refractivity contribution in [2.45, 2.75) is 32.4 Å². The molecule has 1 aliphatic carbocycles. The Balaban J connectivity index is 0.00000180. The number of pyridine rings is 1. The molecule has 1 amide bonds. The number of nitrogens with two attached hydrogens (primary N) is 1. The first-order valence-electron chi connectivity index (χ1n) is 6.00. The smallest absolute Gasteiger partial charge is 0.270 e. The first-order chi connectivity index (χ1) is 8.45. The zero-order valence-corrected chi connectivity index (χ0v) is 12.2. The maximum Gasteiger partial charge on any atom is 0.270 e. The Bertz CT molecular complexity index is 448. The van der Waals surface area contributed by atoms with Gasteiger partial charge in [-0.15, -0.1) is 12.4 Å². The molecule has 2 unspecified atom stereocenters. The summed E-state index contributed by atoms with van der Waals surface area (Å²) in [7, 11) is 1.70. The fourth-order valence-electron chi connectivity index (χ4n) is 2.30. The van der Waals surface area contributed by atoms with Crippen LogP contribution in [0.4, 0.5) is 5.69 Å². The van der Waals surface area contributed by atoms with E-state index in [0.717, 1.165) is 6.42 Å². The summed E-state index contributed by atoms with van der Waals surface area (Å²) in [6, 6.07) is 3.42. The highest BCUT2D eigenvalue weighted by Gasteiger charge is 2.49. The van der Waals surface area contributed by atoms with E-state index in [4.69, 9.17) is 10.5 Å². The normalized spacial score (nSPS) is 23.9. The fraction of sp³-hybridized carbons (Fsp3) is 0.538. The number of aromatic nitrogens is 1. The van der Waals surface area contributed by atoms with Crippen LogP contribution in [-0.2, 0) is 4.74 Å². The number of nitrogens with one attached hydrogen (secondary N) is 1. The number of carbonyl (C=O) groups is 1. The third-order valence-corrected chi connectivity index (χ3v) is 3.79. The number of hydrogen-bond acceptors (Lipinski definition) is 4. The Morgan fingerprint density at radius 3 is 2.68 bits per heavy atom. The highest BCUT2D eigenvalue weighted by atomic mass is 35.5. The molecule has 1 fully saturated rings. The quantitative estimate of drug-likeness (QED) is 0.885. The van der Waals surface area contributed by atoms with E-state index >= 15 is 0 Å². The molecule has 1 aromatic heterocycles. The molecule has 2 atom stereocenters. The van der Waals surface area contributed by atoms with E-state index < -0.39 is 0 Å². The van der Waals surface area contributed by atoms with E-state index in [2.05, 4.69) is 24.1 Å². The van der Waals surface area contributed by atoms with Gasteiger partial charge < -0.3 is 15.8 Å². The number of halogens is 1. The molecule has 1 heterocycles. The molecular weight excluding hydrogens is 266 g/mol. The van der Waals surface area contributed by atoms with Crippen LogP contribution < -0.4 is 11.1 Å². The van der Waals surface area contributed by atoms with Crippen molar-refractivity contribution in [3.63, 3.8) is 0 Å². The lowest BCUT2D eigenvalue weighted by atomic mass is 9.64. The van der Waals surface area contributed by atoms with Gasteiger partial charge in [-0.2, -0.15) is 0 Å². The molecule has 0 aromatic carbocycles. The Morgan fingerprint density at radius 1 is 1.53 bits per heavy atom. The number of anilines is 1. The molecule has 19 heavy (non-hydrogen) atoms. The number of amides is 1. The summed E-state index contributed by atoms with van der Waals surface area (Å²) in [6.07, 6.45) is 2.52. The van der Waals surface area contributed by atoms with Crippen molar-refractivity contribution in [1.82, 2.24) is 10.3 Å². The SMILES string of the molecule is COC1CC(NC(=O)c2ccc(N)cn2)C1(C)C.Cl. The average Bonchev–Trinajstić information content (AvgIpc) is 2.34. The fourth-order valence-corrected chi connectivity index (χ4v) is 2.30. The standard InChI is InChI=1S/C13H19N3O2.ClH/c1-13(2)10(6-11(13)18-3)16-12(17)9-5-4-8(14)7-15-9;/h4-5,7,10-11H,6,14H2,1-3H3,(H,16,17);1H. The van der Waals surface area contributed by atoms with Crippen molar-refractivity contribution in [2.24, 2.45) is 5.41 Å². The van der Waals surface area contributed by atoms with Gasteiger partial charge in [-0.3, -0.25) is 4.79 Å². The second-order valence-electron chi connectivity index (χ2n) is 5.28. The summed E-state index contributed by atoms with van der Waals surface area (Å²) in [6.45, 7) is 4.18. The molecule has 0 saturated heterocycles. The van der Waals surface area contributed by atoms with Gasteiger partial charge in [0.25, 0.3) is 5.91 Å². The number of ether oxygens (including phenoxy) is 1. The van der Waals surface area contributed by atoms with Gasteiger partial charge in [0.1, 0.15) is 5.69 Å². The zero-order chi connectivity index (χ0) is 13.3. The third-order valence-electron chi connectivity index (χ3n) is 3.79. The van der Waals surface area contributed by atoms with Crippen molar-refractivity contribution in [1.29, 1.82) is 0 Å². The lowest BCUT2D eigenvalue weighted by Gasteiger charge is -2.51. The number of rotatable bonds is 3. The molecule has 106 valence electrons. The van der Waals surface area contributed by atoms with Gasteiger partial charge in [0, 0.05) is 18.6 Å². The van der Waals surface area contributed by atoms with Gasteiger partial charge in [0.05, 0.1) is 18.0 Å². The second-order valence-corrected chi connectivity index (χ2v) is 5.28. The topological polar surface area (TPSA) is 77.2 Å². The molecule has 3 N–H and O–H groups in total. The monoisotopic (exact) mass is 285 g/mol. The summed E-state index contributed by atoms with van der Waals surface area (Å²) >= 11 is 0. The largest absolute Gasteiger partial charge is 0.397 e. The molecular formula is C13H20ClN3O2. The Labute approximate surface area is 119 Å². The zero-order valence-electron chi connectivity index (χ0n) is 11.3. The maximum absolute atomic E-state index is 12.0. The van der Waals surface area contributed by atoms with E-state index in [1.165, 1.54) is 6.20 Å². The summed E-state index contributed by atoms with van der Waals surface area (Å²) in [5.41, 5.74) is 6.43. The predicted molar refractivity (Wildman–Crippen MR) is 76.3 cm³/mol. The van der Waals surface area contributed by atoms with Gasteiger partial charge in [-0.1, -0.05) is 13.8 Å². The van der Waals surface area contributed by atoms with Gasteiger partial charge in [0.15, 0.2) is 0 Å². The lowest BCUT2D eigenvalue weighted by Crippen LogP contribution is -2.61. The van der Waals surface area contributed by atoms with Gasteiger partial charge in [-0.05, 0) is 18.6 Å². The van der Waals surface area contributed by atoms with Crippen LogP contribution in [-0.4, -0.2) is 30.1 Å². The van der Waals surface area contributed by atoms with Crippen molar-refractivity contribution in [2.75, 3.05) is 12.8 Å². The average molecular weight is 286 g/mol.